The third-order valence-electron chi connectivity index (χ3n) is 4.52. The average molecular weight is 366 g/mol. The van der Waals surface area contributed by atoms with Crippen molar-refractivity contribution in [3.05, 3.63) is 48.3 Å². The molecule has 4 rings (SSSR count). The van der Waals surface area contributed by atoms with E-state index < -0.39 is 5.82 Å². The van der Waals surface area contributed by atoms with E-state index in [0.29, 0.717) is 0 Å². The fraction of sp³-hybridized carbons (Fsp3) is 0.222. The first-order valence-electron chi connectivity index (χ1n) is 8.43. The first-order chi connectivity index (χ1) is 12.9. The molecule has 0 amide bonds. The number of nitrogen functional groups attached to an aromatic ring is 1. The van der Waals surface area contributed by atoms with Gasteiger partial charge >= 0.3 is 0 Å². The second-order valence-corrected chi connectivity index (χ2v) is 6.38. The lowest BCUT2D eigenvalue weighted by atomic mass is 10.0. The normalized spacial score (nSPS) is 12.4. The maximum Gasteiger partial charge on any atom is 0.222 e. The molecule has 0 aromatic carbocycles. The molecule has 138 valence electrons. The molecule has 27 heavy (non-hydrogen) atoms. The van der Waals surface area contributed by atoms with Gasteiger partial charge in [-0.15, -0.1) is 0 Å². The van der Waals surface area contributed by atoms with Crippen LogP contribution in [0.4, 0.5) is 16.2 Å². The van der Waals surface area contributed by atoms with Gasteiger partial charge in [0.15, 0.2) is 11.6 Å². The summed E-state index contributed by atoms with van der Waals surface area (Å²) in [5.41, 5.74) is 10.0. The molecule has 4 heterocycles. The average Bonchev–Trinajstić information content (AvgIpc) is 3.23. The van der Waals surface area contributed by atoms with Crippen LogP contribution in [0.3, 0.4) is 0 Å². The maximum absolute atomic E-state index is 14.1. The summed E-state index contributed by atoms with van der Waals surface area (Å²) in [4.78, 5) is 12.4. The smallest absolute Gasteiger partial charge is 0.222 e. The van der Waals surface area contributed by atoms with Crippen molar-refractivity contribution >= 4 is 22.8 Å². The minimum Gasteiger partial charge on any atom is -0.368 e. The van der Waals surface area contributed by atoms with E-state index in [4.69, 9.17) is 10.7 Å². The summed E-state index contributed by atoms with van der Waals surface area (Å²) in [5.74, 6) is -0.524. The molecule has 3 N–H and O–H groups in total. The summed E-state index contributed by atoms with van der Waals surface area (Å²) in [6, 6.07) is 5.60. The van der Waals surface area contributed by atoms with Crippen LogP contribution in [0.2, 0.25) is 0 Å². The standard InChI is InChI=1S/C18H19FN8/c1-10(23-17-12(19)9-21-18(20)25-17)16-11(14-4-6-22-27(14)3)8-15-13(24-16)5-7-26(15)2/h4-10H,1-3H3,(H3,20,21,23,25). The number of aromatic nitrogens is 6. The summed E-state index contributed by atoms with van der Waals surface area (Å²) in [6.07, 6.45) is 4.74. The summed E-state index contributed by atoms with van der Waals surface area (Å²) in [6.45, 7) is 1.90. The Balaban J connectivity index is 1.84. The first kappa shape index (κ1) is 17.0. The number of halogens is 1. The first-order valence-corrected chi connectivity index (χ1v) is 8.43. The molecular formula is C18H19FN8. The van der Waals surface area contributed by atoms with Crippen LogP contribution < -0.4 is 11.1 Å². The summed E-state index contributed by atoms with van der Waals surface area (Å²) in [7, 11) is 3.84. The van der Waals surface area contributed by atoms with Gasteiger partial charge in [0.2, 0.25) is 5.95 Å². The molecule has 9 heteroatoms. The van der Waals surface area contributed by atoms with E-state index in [9.17, 15) is 4.39 Å². The molecule has 0 radical (unpaired) electrons. The highest BCUT2D eigenvalue weighted by atomic mass is 19.1. The van der Waals surface area contributed by atoms with Crippen LogP contribution in [-0.2, 0) is 14.1 Å². The van der Waals surface area contributed by atoms with Gasteiger partial charge in [0, 0.05) is 32.1 Å². The Labute approximate surface area is 154 Å². The van der Waals surface area contributed by atoms with Crippen molar-refractivity contribution < 1.29 is 4.39 Å². The molecule has 0 fully saturated rings. The number of aryl methyl sites for hydroxylation is 2. The van der Waals surface area contributed by atoms with E-state index in [1.807, 2.05) is 43.9 Å². The Morgan fingerprint density at radius 2 is 2.04 bits per heavy atom. The second kappa shape index (κ2) is 6.35. The molecule has 4 aromatic heterocycles. The monoisotopic (exact) mass is 366 g/mol. The third kappa shape index (κ3) is 2.97. The van der Waals surface area contributed by atoms with Gasteiger partial charge in [-0.05, 0) is 25.1 Å². The van der Waals surface area contributed by atoms with Crippen molar-refractivity contribution in [3.8, 4) is 11.3 Å². The Kier molecular flexibility index (Phi) is 3.98. The molecule has 1 atom stereocenters. The number of nitrogens with zero attached hydrogens (tertiary/aromatic N) is 6. The number of nitrogens with two attached hydrogens (primary N) is 1. The van der Waals surface area contributed by atoms with Crippen molar-refractivity contribution in [1.29, 1.82) is 0 Å². The van der Waals surface area contributed by atoms with Gasteiger partial charge in [0.05, 0.1) is 34.7 Å². The van der Waals surface area contributed by atoms with Crippen LogP contribution in [-0.4, -0.2) is 29.3 Å². The van der Waals surface area contributed by atoms with Gasteiger partial charge < -0.3 is 15.6 Å². The molecule has 0 aliphatic heterocycles. The van der Waals surface area contributed by atoms with E-state index in [2.05, 4.69) is 26.4 Å². The lowest BCUT2D eigenvalue weighted by Gasteiger charge is -2.18. The van der Waals surface area contributed by atoms with Crippen LogP contribution >= 0.6 is 0 Å². The molecule has 0 bridgehead atoms. The maximum atomic E-state index is 14.1. The zero-order chi connectivity index (χ0) is 19.1. The van der Waals surface area contributed by atoms with Gasteiger partial charge in [0.25, 0.3) is 0 Å². The van der Waals surface area contributed by atoms with Gasteiger partial charge in [-0.3, -0.25) is 4.68 Å². The molecule has 1 unspecified atom stereocenters. The molecule has 0 aliphatic rings. The highest BCUT2D eigenvalue weighted by Gasteiger charge is 2.20. The molecular weight excluding hydrogens is 347 g/mol. The van der Waals surface area contributed by atoms with Crippen LogP contribution in [0.25, 0.3) is 22.3 Å². The summed E-state index contributed by atoms with van der Waals surface area (Å²) < 4.78 is 17.9. The second-order valence-electron chi connectivity index (χ2n) is 6.38. The lowest BCUT2D eigenvalue weighted by Crippen LogP contribution is -2.14. The highest BCUT2D eigenvalue weighted by molar-refractivity contribution is 5.82. The molecule has 8 nitrogen and oxygen atoms in total. The van der Waals surface area contributed by atoms with E-state index in [0.717, 1.165) is 34.2 Å². The zero-order valence-corrected chi connectivity index (χ0v) is 15.2. The Hall–Kier alpha value is -3.49. The van der Waals surface area contributed by atoms with Crippen molar-refractivity contribution in [1.82, 2.24) is 29.3 Å². The molecule has 4 aromatic rings. The van der Waals surface area contributed by atoms with Crippen molar-refractivity contribution in [3.63, 3.8) is 0 Å². The molecule has 0 saturated heterocycles. The van der Waals surface area contributed by atoms with Crippen LogP contribution in [0.5, 0.6) is 0 Å². The largest absolute Gasteiger partial charge is 0.368 e. The number of hydrogen-bond donors (Lipinski definition) is 2. The topological polar surface area (TPSA) is 99.5 Å². The predicted octanol–water partition coefficient (Wildman–Crippen LogP) is 2.66. The van der Waals surface area contributed by atoms with Crippen LogP contribution in [0.15, 0.2) is 36.8 Å². The van der Waals surface area contributed by atoms with E-state index in [1.165, 1.54) is 0 Å². The number of rotatable bonds is 4. The van der Waals surface area contributed by atoms with E-state index in [1.54, 1.807) is 10.9 Å². The Morgan fingerprint density at radius 3 is 2.78 bits per heavy atom. The van der Waals surface area contributed by atoms with Gasteiger partial charge in [-0.1, -0.05) is 0 Å². The van der Waals surface area contributed by atoms with E-state index in [-0.39, 0.29) is 17.8 Å². The summed E-state index contributed by atoms with van der Waals surface area (Å²) in [5, 5.41) is 7.31. The van der Waals surface area contributed by atoms with Crippen LogP contribution in [0, 0.1) is 5.82 Å². The van der Waals surface area contributed by atoms with Crippen molar-refractivity contribution in [2.45, 2.75) is 13.0 Å². The number of anilines is 2. The van der Waals surface area contributed by atoms with Crippen LogP contribution in [0.1, 0.15) is 18.7 Å². The highest BCUT2D eigenvalue weighted by Crippen LogP contribution is 2.31. The number of nitrogens with one attached hydrogen (secondary N) is 1. The minimum absolute atomic E-state index is 0.00410. The lowest BCUT2D eigenvalue weighted by molar-refractivity contribution is 0.614. The number of fused-ring (bicyclic) bond motifs is 1. The Morgan fingerprint density at radius 1 is 1.22 bits per heavy atom. The molecule has 0 aliphatic carbocycles. The zero-order valence-electron chi connectivity index (χ0n) is 15.2. The third-order valence-corrected chi connectivity index (χ3v) is 4.52. The van der Waals surface area contributed by atoms with Gasteiger partial charge in [-0.25, -0.2) is 14.4 Å². The molecule has 0 saturated carbocycles. The number of hydrogen-bond acceptors (Lipinski definition) is 6. The van der Waals surface area contributed by atoms with Crippen molar-refractivity contribution in [2.75, 3.05) is 11.1 Å². The summed E-state index contributed by atoms with van der Waals surface area (Å²) >= 11 is 0. The quantitative estimate of drug-likeness (QED) is 0.576. The Bertz CT molecular complexity index is 1130. The minimum atomic E-state index is -0.570. The van der Waals surface area contributed by atoms with E-state index >= 15 is 0 Å². The molecule has 0 spiro atoms. The fourth-order valence-corrected chi connectivity index (χ4v) is 3.13. The SMILES string of the molecule is CC(Nc1nc(N)ncc1F)c1nc2ccn(C)c2cc1-c1ccnn1C. The number of pyridine rings is 1. The van der Waals surface area contributed by atoms with Gasteiger partial charge in [-0.2, -0.15) is 10.1 Å². The fourth-order valence-electron chi connectivity index (χ4n) is 3.13. The van der Waals surface area contributed by atoms with Crippen molar-refractivity contribution in [2.24, 2.45) is 14.1 Å². The van der Waals surface area contributed by atoms with Gasteiger partial charge in [0.1, 0.15) is 0 Å². The predicted molar refractivity (Wildman–Crippen MR) is 101 cm³/mol.